The maximum absolute atomic E-state index is 11.8. The first-order valence-electron chi connectivity index (χ1n) is 7.69. The average molecular weight is 298 g/mol. The van der Waals surface area contributed by atoms with Gasteiger partial charge in [-0.15, -0.1) is 0 Å². The molecule has 0 aliphatic heterocycles. The minimum atomic E-state index is -0.959. The molecule has 0 heterocycles. The van der Waals surface area contributed by atoms with Crippen molar-refractivity contribution in [1.82, 2.24) is 10.6 Å². The second kappa shape index (κ2) is 8.64. The molecule has 21 heavy (non-hydrogen) atoms. The predicted octanol–water partition coefficient (Wildman–Crippen LogP) is 2.12. The van der Waals surface area contributed by atoms with Gasteiger partial charge in [0.15, 0.2) is 6.10 Å². The van der Waals surface area contributed by atoms with Crippen molar-refractivity contribution in [1.29, 1.82) is 0 Å². The first-order chi connectivity index (χ1) is 9.88. The summed E-state index contributed by atoms with van der Waals surface area (Å²) >= 11 is 0. The molecule has 3 amide bonds. The number of rotatable bonds is 6. The molecule has 6 heteroatoms. The van der Waals surface area contributed by atoms with E-state index in [2.05, 4.69) is 10.6 Å². The summed E-state index contributed by atoms with van der Waals surface area (Å²) in [5.74, 6) is -0.607. The lowest BCUT2D eigenvalue weighted by Crippen LogP contribution is -2.47. The summed E-state index contributed by atoms with van der Waals surface area (Å²) in [6.45, 7) is 5.49. The molecular weight excluding hydrogens is 272 g/mol. The van der Waals surface area contributed by atoms with Crippen molar-refractivity contribution in [3.8, 4) is 0 Å². The van der Waals surface area contributed by atoms with Crippen LogP contribution in [0, 0.1) is 5.92 Å². The van der Waals surface area contributed by atoms with Gasteiger partial charge in [0.2, 0.25) is 0 Å². The van der Waals surface area contributed by atoms with Crippen molar-refractivity contribution in [2.24, 2.45) is 5.92 Å². The second-order valence-corrected chi connectivity index (χ2v) is 6.01. The number of esters is 1. The highest BCUT2D eigenvalue weighted by atomic mass is 16.5. The Morgan fingerprint density at radius 3 is 2.33 bits per heavy atom. The quantitative estimate of drug-likeness (QED) is 0.736. The molecule has 0 radical (unpaired) electrons. The van der Waals surface area contributed by atoms with Crippen LogP contribution in [0.2, 0.25) is 0 Å². The third-order valence-corrected chi connectivity index (χ3v) is 3.53. The van der Waals surface area contributed by atoms with Crippen LogP contribution < -0.4 is 10.6 Å². The van der Waals surface area contributed by atoms with Gasteiger partial charge in [-0.3, -0.25) is 14.9 Å². The molecule has 0 aromatic heterocycles. The maximum atomic E-state index is 11.8. The number of urea groups is 1. The van der Waals surface area contributed by atoms with E-state index in [0.717, 1.165) is 32.1 Å². The van der Waals surface area contributed by atoms with E-state index in [1.54, 1.807) is 0 Å². The predicted molar refractivity (Wildman–Crippen MR) is 78.6 cm³/mol. The van der Waals surface area contributed by atoms with E-state index in [1.807, 2.05) is 13.8 Å². The number of carbonyl (C=O) groups excluding carboxylic acids is 3. The van der Waals surface area contributed by atoms with Crippen molar-refractivity contribution in [2.75, 3.05) is 0 Å². The Bertz CT molecular complexity index is 376. The Hall–Kier alpha value is -1.59. The number of hydrogen-bond donors (Lipinski definition) is 2. The minimum Gasteiger partial charge on any atom is -0.453 e. The van der Waals surface area contributed by atoms with Crippen LogP contribution in [0.3, 0.4) is 0 Å². The lowest BCUT2D eigenvalue weighted by atomic mass is 10.1. The van der Waals surface area contributed by atoms with Crippen LogP contribution in [0.25, 0.3) is 0 Å². The fourth-order valence-electron chi connectivity index (χ4n) is 2.22. The minimum absolute atomic E-state index is 0.140. The zero-order valence-electron chi connectivity index (χ0n) is 13.1. The molecule has 0 saturated heterocycles. The Balaban J connectivity index is 2.26. The number of ether oxygens (including phenoxy) is 1. The van der Waals surface area contributed by atoms with Crippen molar-refractivity contribution < 1.29 is 19.1 Å². The number of hydrogen-bond acceptors (Lipinski definition) is 4. The van der Waals surface area contributed by atoms with E-state index < -0.39 is 24.0 Å². The normalized spacial score (nSPS) is 16.6. The Labute approximate surface area is 126 Å². The Morgan fingerprint density at radius 1 is 1.14 bits per heavy atom. The van der Waals surface area contributed by atoms with Gasteiger partial charge in [0, 0.05) is 12.5 Å². The molecular formula is C15H26N2O4. The van der Waals surface area contributed by atoms with Crippen LogP contribution in [-0.2, 0) is 14.3 Å². The summed E-state index contributed by atoms with van der Waals surface area (Å²) in [7, 11) is 0. The number of amides is 3. The van der Waals surface area contributed by atoms with Gasteiger partial charge < -0.3 is 10.1 Å². The second-order valence-electron chi connectivity index (χ2n) is 6.01. The Morgan fingerprint density at radius 2 is 1.76 bits per heavy atom. The van der Waals surface area contributed by atoms with Gasteiger partial charge in [-0.2, -0.15) is 0 Å². The molecule has 0 spiro atoms. The fraction of sp³-hybridized carbons (Fsp3) is 0.800. The molecule has 1 rings (SSSR count). The molecule has 1 fully saturated rings. The average Bonchev–Trinajstić information content (AvgIpc) is 2.88. The van der Waals surface area contributed by atoms with Gasteiger partial charge in [-0.25, -0.2) is 4.79 Å². The molecule has 6 nitrogen and oxygen atoms in total. The third-order valence-electron chi connectivity index (χ3n) is 3.53. The van der Waals surface area contributed by atoms with Crippen molar-refractivity contribution in [3.63, 3.8) is 0 Å². The summed E-state index contributed by atoms with van der Waals surface area (Å²) in [5.41, 5.74) is 0. The van der Waals surface area contributed by atoms with E-state index in [9.17, 15) is 14.4 Å². The molecule has 1 saturated carbocycles. The monoisotopic (exact) mass is 298 g/mol. The molecule has 1 aliphatic rings. The van der Waals surface area contributed by atoms with Crippen LogP contribution >= 0.6 is 0 Å². The van der Waals surface area contributed by atoms with Crippen molar-refractivity contribution >= 4 is 17.9 Å². The van der Waals surface area contributed by atoms with Gasteiger partial charge in [0.25, 0.3) is 5.91 Å². The smallest absolute Gasteiger partial charge is 0.321 e. The zero-order valence-corrected chi connectivity index (χ0v) is 13.1. The molecule has 120 valence electrons. The molecule has 1 atom stereocenters. The molecule has 1 aliphatic carbocycles. The lowest BCUT2D eigenvalue weighted by molar-refractivity contribution is -0.154. The van der Waals surface area contributed by atoms with Crippen LogP contribution in [0.15, 0.2) is 0 Å². The molecule has 0 aromatic rings. The van der Waals surface area contributed by atoms with Crippen LogP contribution in [0.4, 0.5) is 4.79 Å². The van der Waals surface area contributed by atoms with E-state index in [1.165, 1.54) is 6.92 Å². The largest absolute Gasteiger partial charge is 0.453 e. The van der Waals surface area contributed by atoms with E-state index in [-0.39, 0.29) is 12.5 Å². The fourth-order valence-corrected chi connectivity index (χ4v) is 2.22. The molecule has 0 bridgehead atoms. The highest BCUT2D eigenvalue weighted by Gasteiger charge is 2.22. The van der Waals surface area contributed by atoms with Crippen molar-refractivity contribution in [3.05, 3.63) is 0 Å². The van der Waals surface area contributed by atoms with Gasteiger partial charge >= 0.3 is 12.0 Å². The number of imide groups is 1. The Kier molecular flexibility index (Phi) is 7.19. The van der Waals surface area contributed by atoms with Crippen molar-refractivity contribution in [2.45, 2.75) is 71.4 Å². The summed E-state index contributed by atoms with van der Waals surface area (Å²) in [6.07, 6.45) is 4.13. The standard InChI is InChI=1S/C15H26N2O4/c1-10(2)8-9-13(18)21-11(3)14(19)17-15(20)16-12-6-4-5-7-12/h10-12H,4-9H2,1-3H3,(H2,16,17,19,20)/t11-/m0/s1. The maximum Gasteiger partial charge on any atom is 0.321 e. The lowest BCUT2D eigenvalue weighted by Gasteiger charge is -2.15. The summed E-state index contributed by atoms with van der Waals surface area (Å²) in [5, 5.41) is 4.96. The first-order valence-corrected chi connectivity index (χ1v) is 7.69. The van der Waals surface area contributed by atoms with Gasteiger partial charge in [-0.05, 0) is 32.1 Å². The SMILES string of the molecule is CC(C)CCC(=O)O[C@@H](C)C(=O)NC(=O)NC1CCCC1. The first kappa shape index (κ1) is 17.5. The zero-order chi connectivity index (χ0) is 15.8. The molecule has 2 N–H and O–H groups in total. The topological polar surface area (TPSA) is 84.5 Å². The summed E-state index contributed by atoms with van der Waals surface area (Å²) < 4.78 is 5.00. The summed E-state index contributed by atoms with van der Waals surface area (Å²) in [6, 6.07) is -0.376. The van der Waals surface area contributed by atoms with Crippen LogP contribution in [0.1, 0.15) is 59.3 Å². The van der Waals surface area contributed by atoms with E-state index >= 15 is 0 Å². The number of nitrogens with one attached hydrogen (secondary N) is 2. The number of carbonyl (C=O) groups is 3. The molecule has 0 unspecified atom stereocenters. The summed E-state index contributed by atoms with van der Waals surface area (Å²) in [4.78, 5) is 34.9. The highest BCUT2D eigenvalue weighted by molar-refractivity contribution is 5.97. The van der Waals surface area contributed by atoms with E-state index in [0.29, 0.717) is 5.92 Å². The third kappa shape index (κ3) is 7.11. The van der Waals surface area contributed by atoms with Crippen LogP contribution in [0.5, 0.6) is 0 Å². The van der Waals surface area contributed by atoms with Crippen LogP contribution in [-0.4, -0.2) is 30.1 Å². The highest BCUT2D eigenvalue weighted by Crippen LogP contribution is 2.17. The van der Waals surface area contributed by atoms with Gasteiger partial charge in [-0.1, -0.05) is 26.7 Å². The van der Waals surface area contributed by atoms with E-state index in [4.69, 9.17) is 4.74 Å². The molecule has 0 aromatic carbocycles. The van der Waals surface area contributed by atoms with Gasteiger partial charge in [0.1, 0.15) is 0 Å². The van der Waals surface area contributed by atoms with Gasteiger partial charge in [0.05, 0.1) is 0 Å².